The van der Waals surface area contributed by atoms with Crippen molar-refractivity contribution in [3.8, 4) is 17.1 Å². The van der Waals surface area contributed by atoms with Crippen molar-refractivity contribution >= 4 is 33.4 Å². The number of aromatic nitrogens is 2. The van der Waals surface area contributed by atoms with Crippen LogP contribution in [0.15, 0.2) is 71.3 Å². The normalized spacial score (nSPS) is 15.8. The molecule has 8 heteroatoms. The Morgan fingerprint density at radius 3 is 2.72 bits per heavy atom. The number of carbonyl (C=O) groups is 2. The van der Waals surface area contributed by atoms with Gasteiger partial charge in [-0.1, -0.05) is 43.3 Å². The van der Waals surface area contributed by atoms with Crippen molar-refractivity contribution in [2.45, 2.75) is 45.6 Å². The van der Waals surface area contributed by atoms with E-state index in [1.807, 2.05) is 55.1 Å². The number of Topliss-reactive ketones (excluding diaryl/α,β-unsaturated/α-hetero) is 1. The largest absolute Gasteiger partial charge is 0.497 e. The Bertz CT molecular complexity index is 1770. The Kier molecular flexibility index (Phi) is 8.29. The number of benzene rings is 3. The summed E-state index contributed by atoms with van der Waals surface area (Å²) < 4.78 is 11.9. The molecule has 1 aliphatic heterocycles. The van der Waals surface area contributed by atoms with Gasteiger partial charge in [0.1, 0.15) is 17.6 Å². The number of aromatic amines is 1. The highest BCUT2D eigenvalue weighted by Crippen LogP contribution is 2.32. The number of piperazine rings is 1. The first-order chi connectivity index (χ1) is 20.9. The molecule has 1 fully saturated rings. The fraction of sp³-hybridized carbons (Fsp3) is 0.343. The third-order valence-corrected chi connectivity index (χ3v) is 8.61. The molecule has 0 bridgehead atoms. The van der Waals surface area contributed by atoms with Crippen molar-refractivity contribution in [3.63, 3.8) is 0 Å². The first-order valence-electron chi connectivity index (χ1n) is 15.1. The number of ether oxygens (including phenoxy) is 1. The van der Waals surface area contributed by atoms with E-state index >= 15 is 0 Å². The number of hydrogen-bond acceptors (Lipinski definition) is 6. The number of aryl methyl sites for hydroxylation is 1. The van der Waals surface area contributed by atoms with Gasteiger partial charge in [-0.05, 0) is 60.5 Å². The van der Waals surface area contributed by atoms with E-state index in [0.29, 0.717) is 37.6 Å². The first-order valence-corrected chi connectivity index (χ1v) is 15.1. The quantitative estimate of drug-likeness (QED) is 0.204. The van der Waals surface area contributed by atoms with Gasteiger partial charge < -0.3 is 19.0 Å². The monoisotopic (exact) mass is 578 g/mol. The zero-order valence-corrected chi connectivity index (χ0v) is 25.1. The summed E-state index contributed by atoms with van der Waals surface area (Å²) in [5.41, 5.74) is 3.88. The highest BCUT2D eigenvalue weighted by atomic mass is 16.5. The minimum Gasteiger partial charge on any atom is -0.497 e. The lowest BCUT2D eigenvalue weighted by molar-refractivity contribution is -0.136. The number of rotatable bonds is 10. The van der Waals surface area contributed by atoms with E-state index in [9.17, 15) is 9.59 Å². The maximum absolute atomic E-state index is 14.0. The molecule has 0 aliphatic carbocycles. The number of oxazole rings is 1. The number of nitrogens with one attached hydrogen (secondary N) is 1. The van der Waals surface area contributed by atoms with Crippen molar-refractivity contribution < 1.29 is 18.7 Å². The summed E-state index contributed by atoms with van der Waals surface area (Å²) in [5, 5.41) is 3.29. The summed E-state index contributed by atoms with van der Waals surface area (Å²) in [4.78, 5) is 38.3. The summed E-state index contributed by atoms with van der Waals surface area (Å²) >= 11 is 0. The van der Waals surface area contributed by atoms with Gasteiger partial charge in [0.05, 0.1) is 19.7 Å². The lowest BCUT2D eigenvalue weighted by Crippen LogP contribution is -2.51. The molecule has 1 amide bonds. The third kappa shape index (κ3) is 6.06. The topological polar surface area (TPSA) is 91.7 Å². The van der Waals surface area contributed by atoms with Gasteiger partial charge in [-0.15, -0.1) is 0 Å². The standard InChI is InChI=1S/C35H38N4O4/c1-4-27(40)10-7-15-38-16-17-39(34(41)20-29-23(2)37-31-14-13-28(42-3)19-30(29)31)32(22-38)35-36-21-33(43-35)26-12-11-24-8-5-6-9-25(24)18-26/h5-6,8-9,11-14,18-19,21,32,37H,4,7,10,15-17,20,22H2,1-3H3. The highest BCUT2D eigenvalue weighted by molar-refractivity contribution is 5.91. The van der Waals surface area contributed by atoms with Crippen LogP contribution in [0, 0.1) is 6.92 Å². The molecule has 3 heterocycles. The van der Waals surface area contributed by atoms with E-state index in [4.69, 9.17) is 14.1 Å². The van der Waals surface area contributed by atoms with Gasteiger partial charge in [0.15, 0.2) is 5.76 Å². The molecule has 0 spiro atoms. The van der Waals surface area contributed by atoms with E-state index in [1.54, 1.807) is 13.3 Å². The van der Waals surface area contributed by atoms with Crippen LogP contribution >= 0.6 is 0 Å². The molecule has 3 aromatic carbocycles. The van der Waals surface area contributed by atoms with Gasteiger partial charge in [-0.25, -0.2) is 4.98 Å². The second-order valence-corrected chi connectivity index (χ2v) is 11.3. The van der Waals surface area contributed by atoms with Crippen molar-refractivity contribution in [1.82, 2.24) is 19.8 Å². The van der Waals surface area contributed by atoms with E-state index < -0.39 is 0 Å². The number of methoxy groups -OCH3 is 1. The van der Waals surface area contributed by atoms with Crippen molar-refractivity contribution in [2.24, 2.45) is 0 Å². The molecule has 1 aliphatic rings. The summed E-state index contributed by atoms with van der Waals surface area (Å²) in [6.45, 7) is 6.61. The number of ketones is 1. The Hall–Kier alpha value is -4.43. The third-order valence-electron chi connectivity index (χ3n) is 8.61. The molecular weight excluding hydrogens is 540 g/mol. The minimum absolute atomic E-state index is 0.0306. The molecule has 1 N–H and O–H groups in total. The molecule has 1 unspecified atom stereocenters. The number of fused-ring (bicyclic) bond motifs is 2. The van der Waals surface area contributed by atoms with E-state index in [0.717, 1.165) is 63.8 Å². The van der Waals surface area contributed by atoms with Gasteiger partial charge in [-0.2, -0.15) is 0 Å². The number of hydrogen-bond donors (Lipinski definition) is 1. The van der Waals surface area contributed by atoms with Crippen LogP contribution in [0.2, 0.25) is 0 Å². The van der Waals surface area contributed by atoms with Crippen LogP contribution in [0.25, 0.3) is 33.0 Å². The molecule has 0 radical (unpaired) electrons. The van der Waals surface area contributed by atoms with E-state index in [-0.39, 0.29) is 24.2 Å². The molecule has 2 aromatic heterocycles. The fourth-order valence-corrected chi connectivity index (χ4v) is 6.12. The average Bonchev–Trinajstić information content (AvgIpc) is 3.65. The number of carbonyl (C=O) groups excluding carboxylic acids is 2. The van der Waals surface area contributed by atoms with Crippen LogP contribution in [0.3, 0.4) is 0 Å². The lowest BCUT2D eigenvalue weighted by Gasteiger charge is -2.40. The van der Waals surface area contributed by atoms with Crippen molar-refractivity contribution in [2.75, 3.05) is 33.3 Å². The molecular formula is C35H38N4O4. The van der Waals surface area contributed by atoms with Gasteiger partial charge in [0.2, 0.25) is 11.8 Å². The zero-order chi connectivity index (χ0) is 29.9. The number of H-pyrrole nitrogens is 1. The summed E-state index contributed by atoms with van der Waals surface area (Å²) in [6.07, 6.45) is 3.97. The van der Waals surface area contributed by atoms with Crippen molar-refractivity contribution in [1.29, 1.82) is 0 Å². The maximum Gasteiger partial charge on any atom is 0.227 e. The van der Waals surface area contributed by atoms with Crippen LogP contribution in [-0.4, -0.2) is 64.7 Å². The van der Waals surface area contributed by atoms with Crippen LogP contribution in [0.4, 0.5) is 0 Å². The molecule has 1 saturated heterocycles. The Morgan fingerprint density at radius 1 is 1.07 bits per heavy atom. The predicted molar refractivity (Wildman–Crippen MR) is 168 cm³/mol. The Labute approximate surface area is 251 Å². The van der Waals surface area contributed by atoms with Gasteiger partial charge in [-0.3, -0.25) is 14.5 Å². The summed E-state index contributed by atoms with van der Waals surface area (Å²) in [7, 11) is 1.65. The maximum atomic E-state index is 14.0. The minimum atomic E-state index is -0.336. The molecule has 43 heavy (non-hydrogen) atoms. The molecule has 0 saturated carbocycles. The van der Waals surface area contributed by atoms with Gasteiger partial charge in [0.25, 0.3) is 0 Å². The molecule has 1 atom stereocenters. The molecule has 6 rings (SSSR count). The summed E-state index contributed by atoms with van der Waals surface area (Å²) in [5.74, 6) is 2.28. The second-order valence-electron chi connectivity index (χ2n) is 11.3. The summed E-state index contributed by atoms with van der Waals surface area (Å²) in [6, 6.07) is 20.0. The fourth-order valence-electron chi connectivity index (χ4n) is 6.12. The number of nitrogens with zero attached hydrogens (tertiary/aromatic N) is 3. The molecule has 5 aromatic rings. The molecule has 222 valence electrons. The van der Waals surface area contributed by atoms with Crippen LogP contribution in [0.1, 0.15) is 49.4 Å². The smallest absolute Gasteiger partial charge is 0.227 e. The zero-order valence-electron chi connectivity index (χ0n) is 25.1. The van der Waals surface area contributed by atoms with Gasteiger partial charge in [0, 0.05) is 54.6 Å². The first kappa shape index (κ1) is 28.7. The van der Waals surface area contributed by atoms with Crippen LogP contribution in [0.5, 0.6) is 5.75 Å². The Morgan fingerprint density at radius 2 is 1.91 bits per heavy atom. The second kappa shape index (κ2) is 12.4. The Balaban J connectivity index is 1.27. The molecule has 8 nitrogen and oxygen atoms in total. The average molecular weight is 579 g/mol. The van der Waals surface area contributed by atoms with Crippen LogP contribution in [-0.2, 0) is 16.0 Å². The van der Waals surface area contributed by atoms with E-state index in [2.05, 4.69) is 34.1 Å². The van der Waals surface area contributed by atoms with Crippen molar-refractivity contribution in [3.05, 3.63) is 84.0 Å². The lowest BCUT2D eigenvalue weighted by atomic mass is 10.0. The van der Waals surface area contributed by atoms with E-state index in [1.165, 1.54) is 0 Å². The highest BCUT2D eigenvalue weighted by Gasteiger charge is 2.35. The SMILES string of the molecule is CCC(=O)CCCN1CCN(C(=O)Cc2c(C)[nH]c3ccc(OC)cc23)C(c2ncc(-c3ccc4ccccc4c3)o2)C1. The van der Waals surface area contributed by atoms with Crippen LogP contribution < -0.4 is 4.74 Å². The predicted octanol–water partition coefficient (Wildman–Crippen LogP) is 6.48. The number of amides is 1. The van der Waals surface area contributed by atoms with Gasteiger partial charge >= 0.3 is 0 Å².